The van der Waals surface area contributed by atoms with Crippen LogP contribution in [0.5, 0.6) is 0 Å². The Balaban J connectivity index is 1.92. The van der Waals surface area contributed by atoms with Crippen molar-refractivity contribution in [3.63, 3.8) is 0 Å². The second-order valence-corrected chi connectivity index (χ2v) is 7.57. The quantitative estimate of drug-likeness (QED) is 0.523. The van der Waals surface area contributed by atoms with Gasteiger partial charge in [-0.25, -0.2) is 0 Å². The number of aryl methyl sites for hydroxylation is 2. The van der Waals surface area contributed by atoms with Gasteiger partial charge in [0.15, 0.2) is 0 Å². The van der Waals surface area contributed by atoms with Crippen molar-refractivity contribution in [1.29, 1.82) is 0 Å². The first-order chi connectivity index (χ1) is 13.4. The van der Waals surface area contributed by atoms with Gasteiger partial charge in [0, 0.05) is 23.5 Å². The van der Waals surface area contributed by atoms with Gasteiger partial charge in [0.25, 0.3) is 5.56 Å². The van der Waals surface area contributed by atoms with Crippen molar-refractivity contribution in [1.82, 2.24) is 4.57 Å². The Morgan fingerprint density at radius 1 is 0.929 bits per heavy atom. The molecule has 0 fully saturated rings. The van der Waals surface area contributed by atoms with Crippen LogP contribution in [0, 0.1) is 6.92 Å². The Hall–Kier alpha value is -2.88. The maximum Gasteiger partial charge on any atom is 0.251 e. The summed E-state index contributed by atoms with van der Waals surface area (Å²) in [5.41, 5.74) is 12.4. The van der Waals surface area contributed by atoms with E-state index in [9.17, 15) is 4.79 Å². The van der Waals surface area contributed by atoms with Gasteiger partial charge in [-0.2, -0.15) is 0 Å². The minimum atomic E-state index is -0.241. The third-order valence-electron chi connectivity index (χ3n) is 5.20. The molecular weight excluding hydrogens is 368 g/mol. The van der Waals surface area contributed by atoms with E-state index in [0.717, 1.165) is 33.2 Å². The maximum atomic E-state index is 12.5. The number of hydrogen-bond acceptors (Lipinski definition) is 2. The average molecular weight is 389 g/mol. The number of fused-ring (bicyclic) bond motifs is 1. The van der Waals surface area contributed by atoms with Crippen LogP contribution in [-0.2, 0) is 7.05 Å². The van der Waals surface area contributed by atoms with Gasteiger partial charge in [-0.15, -0.1) is 0 Å². The van der Waals surface area contributed by atoms with Crippen molar-refractivity contribution in [3.8, 4) is 11.1 Å². The monoisotopic (exact) mass is 388 g/mol. The zero-order valence-electron chi connectivity index (χ0n) is 15.8. The lowest BCUT2D eigenvalue weighted by atomic mass is 9.94. The van der Waals surface area contributed by atoms with Crippen LogP contribution >= 0.6 is 11.6 Å². The van der Waals surface area contributed by atoms with Crippen LogP contribution in [0.4, 0.5) is 0 Å². The second kappa shape index (κ2) is 7.27. The molecule has 4 heteroatoms. The van der Waals surface area contributed by atoms with Crippen LogP contribution in [0.15, 0.2) is 77.6 Å². The zero-order valence-corrected chi connectivity index (χ0v) is 16.6. The van der Waals surface area contributed by atoms with E-state index in [-0.39, 0.29) is 11.6 Å². The van der Waals surface area contributed by atoms with Gasteiger partial charge in [0.05, 0.1) is 11.6 Å². The van der Waals surface area contributed by atoms with Gasteiger partial charge in [0.2, 0.25) is 0 Å². The summed E-state index contributed by atoms with van der Waals surface area (Å²) in [6, 6.07) is 23.3. The molecule has 4 rings (SSSR count). The summed E-state index contributed by atoms with van der Waals surface area (Å²) in [5.74, 6) is 0. The highest BCUT2D eigenvalue weighted by Crippen LogP contribution is 2.31. The lowest BCUT2D eigenvalue weighted by Gasteiger charge is -2.16. The Bertz CT molecular complexity index is 1230. The summed E-state index contributed by atoms with van der Waals surface area (Å²) in [5, 5.41) is 1.61. The fourth-order valence-corrected chi connectivity index (χ4v) is 3.72. The van der Waals surface area contributed by atoms with E-state index >= 15 is 0 Å². The summed E-state index contributed by atoms with van der Waals surface area (Å²) in [7, 11) is 1.78. The van der Waals surface area contributed by atoms with E-state index in [2.05, 4.69) is 37.3 Å². The summed E-state index contributed by atoms with van der Waals surface area (Å²) in [4.78, 5) is 12.5. The molecule has 0 unspecified atom stereocenters. The fraction of sp³-hybridized carbons (Fsp3) is 0.125. The minimum absolute atomic E-state index is 0.0574. The molecule has 1 heterocycles. The number of hydrogen-bond donors (Lipinski definition) is 1. The van der Waals surface area contributed by atoms with Gasteiger partial charge in [-0.3, -0.25) is 4.79 Å². The minimum Gasteiger partial charge on any atom is -0.320 e. The highest BCUT2D eigenvalue weighted by atomic mass is 35.5. The molecule has 3 nitrogen and oxygen atoms in total. The lowest BCUT2D eigenvalue weighted by Crippen LogP contribution is -2.17. The van der Waals surface area contributed by atoms with Crippen LogP contribution in [0.2, 0.25) is 5.02 Å². The normalized spacial score (nSPS) is 12.3. The van der Waals surface area contributed by atoms with E-state index in [0.29, 0.717) is 5.02 Å². The molecule has 0 saturated heterocycles. The van der Waals surface area contributed by atoms with E-state index < -0.39 is 0 Å². The molecule has 140 valence electrons. The third-order valence-corrected chi connectivity index (χ3v) is 5.44. The van der Waals surface area contributed by atoms with Crippen LogP contribution in [-0.4, -0.2) is 4.57 Å². The number of nitrogens with zero attached hydrogens (tertiary/aromatic N) is 1. The molecule has 0 aliphatic rings. The molecule has 28 heavy (non-hydrogen) atoms. The molecule has 0 amide bonds. The van der Waals surface area contributed by atoms with E-state index in [4.69, 9.17) is 17.3 Å². The predicted molar refractivity (Wildman–Crippen MR) is 117 cm³/mol. The smallest absolute Gasteiger partial charge is 0.251 e. The molecule has 0 aliphatic carbocycles. The molecule has 0 saturated carbocycles. The molecule has 0 bridgehead atoms. The molecular formula is C24H21ClN2O. The molecule has 3 aromatic carbocycles. The SMILES string of the molecule is Cc1ccc([C@@H](N)c2ccc3c(c2)c(-c2cccc(Cl)c2)cc(=O)n3C)cc1. The number of aromatic nitrogens is 1. The Morgan fingerprint density at radius 2 is 1.64 bits per heavy atom. The standard InChI is InChI=1S/C24H21ClN2O/c1-15-6-8-16(9-7-15)24(26)18-10-11-22-21(13-18)20(14-23(28)27(22)2)17-4-3-5-19(25)12-17/h3-14,24H,26H2,1-2H3/t24-/m1/s1. The summed E-state index contributed by atoms with van der Waals surface area (Å²) in [6.07, 6.45) is 0. The molecule has 1 aromatic heterocycles. The Kier molecular flexibility index (Phi) is 4.80. The molecule has 0 aliphatic heterocycles. The molecule has 4 aromatic rings. The Morgan fingerprint density at radius 3 is 2.36 bits per heavy atom. The average Bonchev–Trinajstić information content (AvgIpc) is 2.70. The first-order valence-corrected chi connectivity index (χ1v) is 9.53. The van der Waals surface area contributed by atoms with Crippen molar-refractivity contribution >= 4 is 22.5 Å². The van der Waals surface area contributed by atoms with Crippen molar-refractivity contribution in [2.24, 2.45) is 12.8 Å². The van der Waals surface area contributed by atoms with E-state index in [1.54, 1.807) is 17.7 Å². The predicted octanol–water partition coefficient (Wildman–Crippen LogP) is 5.22. The highest BCUT2D eigenvalue weighted by Gasteiger charge is 2.14. The van der Waals surface area contributed by atoms with Gasteiger partial charge < -0.3 is 10.3 Å². The first kappa shape index (κ1) is 18.5. The topological polar surface area (TPSA) is 48.0 Å². The summed E-state index contributed by atoms with van der Waals surface area (Å²) < 4.78 is 1.66. The third kappa shape index (κ3) is 3.35. The number of pyridine rings is 1. The van der Waals surface area contributed by atoms with E-state index in [1.807, 2.05) is 36.4 Å². The van der Waals surface area contributed by atoms with Crippen molar-refractivity contribution in [2.75, 3.05) is 0 Å². The molecule has 0 radical (unpaired) electrons. The summed E-state index contributed by atoms with van der Waals surface area (Å²) in [6.45, 7) is 2.06. The van der Waals surface area contributed by atoms with Crippen LogP contribution < -0.4 is 11.3 Å². The van der Waals surface area contributed by atoms with Crippen molar-refractivity contribution in [2.45, 2.75) is 13.0 Å². The number of halogens is 1. The van der Waals surface area contributed by atoms with Gasteiger partial charge in [0.1, 0.15) is 0 Å². The van der Waals surface area contributed by atoms with E-state index in [1.165, 1.54) is 5.56 Å². The Labute approximate surface area is 169 Å². The molecule has 0 spiro atoms. The number of nitrogens with two attached hydrogens (primary N) is 1. The lowest BCUT2D eigenvalue weighted by molar-refractivity contribution is 0.868. The fourth-order valence-electron chi connectivity index (χ4n) is 3.53. The van der Waals surface area contributed by atoms with Crippen molar-refractivity contribution < 1.29 is 0 Å². The van der Waals surface area contributed by atoms with Crippen molar-refractivity contribution in [3.05, 3.63) is 105 Å². The highest BCUT2D eigenvalue weighted by molar-refractivity contribution is 6.30. The van der Waals surface area contributed by atoms with Gasteiger partial charge >= 0.3 is 0 Å². The summed E-state index contributed by atoms with van der Waals surface area (Å²) >= 11 is 6.19. The van der Waals surface area contributed by atoms with Crippen LogP contribution in [0.3, 0.4) is 0 Å². The largest absolute Gasteiger partial charge is 0.320 e. The van der Waals surface area contributed by atoms with Crippen LogP contribution in [0.25, 0.3) is 22.0 Å². The van der Waals surface area contributed by atoms with Crippen LogP contribution in [0.1, 0.15) is 22.7 Å². The first-order valence-electron chi connectivity index (χ1n) is 9.16. The number of benzene rings is 3. The maximum absolute atomic E-state index is 12.5. The molecule has 1 atom stereocenters. The van der Waals surface area contributed by atoms with Gasteiger partial charge in [-0.05, 0) is 53.4 Å². The zero-order chi connectivity index (χ0) is 19.8. The van der Waals surface area contributed by atoms with Gasteiger partial charge in [-0.1, -0.05) is 59.6 Å². The molecule has 2 N–H and O–H groups in total. The second-order valence-electron chi connectivity index (χ2n) is 7.13. The number of rotatable bonds is 3.